The zero-order valence-corrected chi connectivity index (χ0v) is 12.8. The minimum atomic E-state index is -0.0929. The number of benzene rings is 1. The van der Waals surface area contributed by atoms with E-state index in [1.807, 2.05) is 54.6 Å². The van der Waals surface area contributed by atoms with Crippen LogP contribution in [0.25, 0.3) is 22.4 Å². The van der Waals surface area contributed by atoms with E-state index >= 15 is 0 Å². The second-order valence-electron chi connectivity index (χ2n) is 5.44. The van der Waals surface area contributed by atoms with Gasteiger partial charge in [0.2, 0.25) is 0 Å². The van der Waals surface area contributed by atoms with Crippen LogP contribution in [-0.4, -0.2) is 9.97 Å². The molecule has 0 fully saturated rings. The first-order valence-electron chi connectivity index (χ1n) is 7.65. The molecule has 0 atom stereocenters. The van der Waals surface area contributed by atoms with Crippen molar-refractivity contribution in [3.8, 4) is 11.5 Å². The molecule has 2 N–H and O–H groups in total. The van der Waals surface area contributed by atoms with Crippen molar-refractivity contribution in [2.75, 3.05) is 5.32 Å². The monoisotopic (exact) mass is 317 g/mol. The van der Waals surface area contributed by atoms with Crippen LogP contribution in [0.3, 0.4) is 0 Å². The largest absolute Gasteiger partial charge is 0.463 e. The van der Waals surface area contributed by atoms with E-state index in [4.69, 9.17) is 4.42 Å². The number of fused-ring (bicyclic) bond motifs is 1. The van der Waals surface area contributed by atoms with Crippen LogP contribution in [0.5, 0.6) is 0 Å². The zero-order valence-electron chi connectivity index (χ0n) is 12.8. The Labute approximate surface area is 138 Å². The number of pyridine rings is 2. The number of nitrogens with one attached hydrogen (secondary N) is 2. The quantitative estimate of drug-likeness (QED) is 0.600. The number of hydrogen-bond donors (Lipinski definition) is 2. The number of H-pyrrole nitrogens is 1. The highest BCUT2D eigenvalue weighted by Gasteiger charge is 2.09. The average Bonchev–Trinajstić information content (AvgIpc) is 3.14. The third-order valence-electron chi connectivity index (χ3n) is 3.86. The van der Waals surface area contributed by atoms with Crippen molar-refractivity contribution in [1.82, 2.24) is 9.97 Å². The Morgan fingerprint density at radius 3 is 2.88 bits per heavy atom. The first kappa shape index (κ1) is 14.3. The summed E-state index contributed by atoms with van der Waals surface area (Å²) in [5.74, 6) is 0.686. The fraction of sp³-hybridized carbons (Fsp3) is 0.0526. The molecule has 0 spiro atoms. The lowest BCUT2D eigenvalue weighted by molar-refractivity contribution is 0.580. The van der Waals surface area contributed by atoms with Crippen LogP contribution in [0.15, 0.2) is 76.3 Å². The van der Waals surface area contributed by atoms with E-state index < -0.39 is 0 Å². The highest BCUT2D eigenvalue weighted by Crippen LogP contribution is 2.26. The van der Waals surface area contributed by atoms with Gasteiger partial charge in [-0.2, -0.15) is 0 Å². The lowest BCUT2D eigenvalue weighted by Gasteiger charge is -2.10. The Balaban J connectivity index is 1.64. The Morgan fingerprint density at radius 1 is 1.08 bits per heavy atom. The molecule has 0 radical (unpaired) electrons. The Bertz CT molecular complexity index is 1040. The van der Waals surface area contributed by atoms with Crippen molar-refractivity contribution in [3.05, 3.63) is 83.0 Å². The number of aromatic amines is 1. The van der Waals surface area contributed by atoms with Crippen LogP contribution in [0.1, 0.15) is 5.56 Å². The van der Waals surface area contributed by atoms with Crippen molar-refractivity contribution in [3.63, 3.8) is 0 Å². The summed E-state index contributed by atoms with van der Waals surface area (Å²) in [6, 6.07) is 17.1. The summed E-state index contributed by atoms with van der Waals surface area (Å²) in [6.45, 7) is 0.402. The van der Waals surface area contributed by atoms with Crippen molar-refractivity contribution in [1.29, 1.82) is 0 Å². The summed E-state index contributed by atoms with van der Waals surface area (Å²) in [5.41, 5.74) is 2.95. The predicted molar refractivity (Wildman–Crippen MR) is 93.8 cm³/mol. The maximum Gasteiger partial charge on any atom is 0.253 e. The normalized spacial score (nSPS) is 10.8. The van der Waals surface area contributed by atoms with Crippen LogP contribution in [0.2, 0.25) is 0 Å². The van der Waals surface area contributed by atoms with Gasteiger partial charge in [-0.3, -0.25) is 9.78 Å². The number of furan rings is 1. The van der Waals surface area contributed by atoms with Gasteiger partial charge in [-0.1, -0.05) is 18.2 Å². The smallest absolute Gasteiger partial charge is 0.253 e. The molecule has 24 heavy (non-hydrogen) atoms. The number of para-hydroxylation sites is 1. The molecule has 118 valence electrons. The van der Waals surface area contributed by atoms with Crippen LogP contribution < -0.4 is 10.9 Å². The fourth-order valence-electron chi connectivity index (χ4n) is 2.67. The second kappa shape index (κ2) is 6.04. The van der Waals surface area contributed by atoms with Crippen molar-refractivity contribution < 1.29 is 4.42 Å². The van der Waals surface area contributed by atoms with E-state index in [9.17, 15) is 4.79 Å². The molecule has 5 nitrogen and oxygen atoms in total. The van der Waals surface area contributed by atoms with E-state index in [0.717, 1.165) is 22.3 Å². The van der Waals surface area contributed by atoms with Gasteiger partial charge in [-0.05, 0) is 41.8 Å². The molecule has 0 saturated heterocycles. The van der Waals surface area contributed by atoms with Crippen molar-refractivity contribution >= 4 is 16.6 Å². The van der Waals surface area contributed by atoms with E-state index in [1.165, 1.54) is 0 Å². The molecule has 0 bridgehead atoms. The number of hydrogen-bond acceptors (Lipinski definition) is 4. The van der Waals surface area contributed by atoms with Gasteiger partial charge >= 0.3 is 0 Å². The number of rotatable bonds is 4. The summed E-state index contributed by atoms with van der Waals surface area (Å²) >= 11 is 0. The van der Waals surface area contributed by atoms with Crippen LogP contribution >= 0.6 is 0 Å². The lowest BCUT2D eigenvalue weighted by atomic mass is 10.1. The highest BCUT2D eigenvalue weighted by molar-refractivity contribution is 5.79. The highest BCUT2D eigenvalue weighted by atomic mass is 16.3. The third kappa shape index (κ3) is 2.67. The Kier molecular flexibility index (Phi) is 3.59. The molecule has 0 saturated carbocycles. The van der Waals surface area contributed by atoms with Gasteiger partial charge in [0.25, 0.3) is 5.56 Å². The van der Waals surface area contributed by atoms with Crippen molar-refractivity contribution in [2.24, 2.45) is 0 Å². The lowest BCUT2D eigenvalue weighted by Crippen LogP contribution is -2.15. The fourth-order valence-corrected chi connectivity index (χ4v) is 2.67. The second-order valence-corrected chi connectivity index (χ2v) is 5.44. The molecule has 0 amide bonds. The van der Waals surface area contributed by atoms with E-state index in [1.54, 1.807) is 12.5 Å². The maximum absolute atomic E-state index is 12.2. The topological polar surface area (TPSA) is 70.9 Å². The molecule has 5 heteroatoms. The summed E-state index contributed by atoms with van der Waals surface area (Å²) in [4.78, 5) is 19.5. The maximum atomic E-state index is 12.2. The Morgan fingerprint density at radius 2 is 2.00 bits per heavy atom. The average molecular weight is 317 g/mol. The number of nitrogens with zero attached hydrogens (tertiary/aromatic N) is 1. The molecule has 4 aromatic rings. The van der Waals surface area contributed by atoms with Crippen LogP contribution in [0.4, 0.5) is 5.69 Å². The van der Waals surface area contributed by atoms with Gasteiger partial charge < -0.3 is 14.7 Å². The minimum Gasteiger partial charge on any atom is -0.463 e. The van der Waals surface area contributed by atoms with Gasteiger partial charge in [-0.25, -0.2) is 0 Å². The van der Waals surface area contributed by atoms with E-state index in [0.29, 0.717) is 17.9 Å². The number of aromatic nitrogens is 2. The predicted octanol–water partition coefficient (Wildman–Crippen LogP) is 3.80. The van der Waals surface area contributed by atoms with Gasteiger partial charge in [0, 0.05) is 23.8 Å². The summed E-state index contributed by atoms with van der Waals surface area (Å²) < 4.78 is 5.42. The minimum absolute atomic E-state index is 0.0929. The first-order valence-corrected chi connectivity index (χ1v) is 7.65. The molecular weight excluding hydrogens is 302 g/mol. The van der Waals surface area contributed by atoms with Gasteiger partial charge in [0.1, 0.15) is 5.69 Å². The summed E-state index contributed by atoms with van der Waals surface area (Å²) in [6.07, 6.45) is 3.33. The summed E-state index contributed by atoms with van der Waals surface area (Å²) in [7, 11) is 0. The molecule has 3 aromatic heterocycles. The molecule has 0 aliphatic heterocycles. The molecule has 0 aliphatic carbocycles. The SMILES string of the molecule is O=c1[nH]c2ccccc2cc1CNc1cccnc1-c1ccco1. The third-order valence-corrected chi connectivity index (χ3v) is 3.86. The standard InChI is InChI=1S/C19H15N3O2/c23-19-14(11-13-5-1-2-6-15(13)22-19)12-21-16-7-3-9-20-18(16)17-8-4-10-24-17/h1-11,21H,12H2,(H,22,23). The van der Waals surface area contributed by atoms with Gasteiger partial charge in [-0.15, -0.1) is 0 Å². The van der Waals surface area contributed by atoms with Gasteiger partial charge in [0.05, 0.1) is 12.0 Å². The first-order chi connectivity index (χ1) is 11.8. The molecule has 4 rings (SSSR count). The van der Waals surface area contributed by atoms with Crippen LogP contribution in [0, 0.1) is 0 Å². The molecule has 0 aliphatic rings. The number of anilines is 1. The Hall–Kier alpha value is -3.34. The molecule has 3 heterocycles. The van der Waals surface area contributed by atoms with Crippen molar-refractivity contribution in [2.45, 2.75) is 6.54 Å². The molecule has 0 unspecified atom stereocenters. The van der Waals surface area contributed by atoms with Gasteiger partial charge in [0.15, 0.2) is 5.76 Å². The summed E-state index contributed by atoms with van der Waals surface area (Å²) in [5, 5.41) is 4.29. The molecule has 1 aromatic carbocycles. The van der Waals surface area contributed by atoms with E-state index in [-0.39, 0.29) is 5.56 Å². The van der Waals surface area contributed by atoms with E-state index in [2.05, 4.69) is 15.3 Å². The van der Waals surface area contributed by atoms with Crippen LogP contribution in [-0.2, 0) is 6.54 Å². The molecular formula is C19H15N3O2. The zero-order chi connectivity index (χ0) is 16.4.